The van der Waals surface area contributed by atoms with Crippen LogP contribution < -0.4 is 5.32 Å². The number of carboxylic acid groups (broad SMARTS) is 1. The quantitative estimate of drug-likeness (QED) is 0.884. The number of aromatic carboxylic acids is 1. The van der Waals surface area contributed by atoms with Gasteiger partial charge < -0.3 is 15.3 Å². The van der Waals surface area contributed by atoms with Crippen LogP contribution >= 0.6 is 0 Å². The Labute approximate surface area is 110 Å². The maximum atomic E-state index is 13.7. The molecule has 104 valence electrons. The molecular formula is C13H16F2N2O2. The highest BCUT2D eigenvalue weighted by Gasteiger charge is 2.21. The van der Waals surface area contributed by atoms with Crippen LogP contribution in [-0.4, -0.2) is 42.2 Å². The minimum atomic E-state index is -1.35. The monoisotopic (exact) mass is 270 g/mol. The third-order valence-electron chi connectivity index (χ3n) is 3.26. The van der Waals surface area contributed by atoms with Gasteiger partial charge in [0.2, 0.25) is 0 Å². The van der Waals surface area contributed by atoms with Gasteiger partial charge in [-0.3, -0.25) is 0 Å². The van der Waals surface area contributed by atoms with Gasteiger partial charge in [0.15, 0.2) is 0 Å². The molecule has 1 unspecified atom stereocenters. The van der Waals surface area contributed by atoms with Crippen LogP contribution in [0.25, 0.3) is 0 Å². The summed E-state index contributed by atoms with van der Waals surface area (Å²) in [5.74, 6) is -3.09. The smallest absolute Gasteiger partial charge is 0.335 e. The number of rotatable bonds is 3. The highest BCUT2D eigenvalue weighted by Crippen LogP contribution is 2.23. The first-order chi connectivity index (χ1) is 8.97. The molecular weight excluding hydrogens is 254 g/mol. The van der Waals surface area contributed by atoms with Crippen molar-refractivity contribution in [3.63, 3.8) is 0 Å². The number of likely N-dealkylation sites (tertiary alicyclic amines) is 1. The van der Waals surface area contributed by atoms with Crippen LogP contribution in [0.15, 0.2) is 12.1 Å². The molecule has 2 N–H and O–H groups in total. The second kappa shape index (κ2) is 5.52. The maximum Gasteiger partial charge on any atom is 0.335 e. The molecule has 0 spiro atoms. The molecule has 1 aliphatic heterocycles. The second-order valence-corrected chi connectivity index (χ2v) is 4.87. The van der Waals surface area contributed by atoms with Gasteiger partial charge in [0.25, 0.3) is 0 Å². The van der Waals surface area contributed by atoms with Crippen molar-refractivity contribution in [2.75, 3.05) is 25.5 Å². The Bertz CT molecular complexity index is 471. The van der Waals surface area contributed by atoms with Gasteiger partial charge in [-0.25, -0.2) is 13.6 Å². The van der Waals surface area contributed by atoms with Gasteiger partial charge in [-0.15, -0.1) is 0 Å². The lowest BCUT2D eigenvalue weighted by Crippen LogP contribution is -2.40. The van der Waals surface area contributed by atoms with Crippen LogP contribution in [0.4, 0.5) is 14.5 Å². The fourth-order valence-corrected chi connectivity index (χ4v) is 2.32. The number of halogens is 2. The summed E-state index contributed by atoms with van der Waals surface area (Å²) < 4.78 is 27.5. The average molecular weight is 270 g/mol. The minimum Gasteiger partial charge on any atom is -0.478 e. The number of likely N-dealkylation sites (N-methyl/N-ethyl adjacent to an activating group) is 1. The number of nitrogens with zero attached hydrogens (tertiary/aromatic N) is 1. The number of hydrogen-bond acceptors (Lipinski definition) is 3. The molecule has 0 aromatic heterocycles. The van der Waals surface area contributed by atoms with Gasteiger partial charge in [0.1, 0.15) is 17.3 Å². The molecule has 1 fully saturated rings. The van der Waals surface area contributed by atoms with Crippen LogP contribution in [0.1, 0.15) is 23.2 Å². The SMILES string of the molecule is CN1CCCC(Nc2c(F)cc(C(=O)O)cc2F)C1. The number of nitrogens with one attached hydrogen (secondary N) is 1. The number of carboxylic acids is 1. The van der Waals surface area contributed by atoms with E-state index in [9.17, 15) is 13.6 Å². The van der Waals surface area contributed by atoms with E-state index in [4.69, 9.17) is 5.11 Å². The molecule has 1 aromatic carbocycles. The maximum absolute atomic E-state index is 13.7. The number of piperidine rings is 1. The lowest BCUT2D eigenvalue weighted by Gasteiger charge is -2.31. The van der Waals surface area contributed by atoms with Gasteiger partial charge in [-0.05, 0) is 38.6 Å². The average Bonchev–Trinajstić information content (AvgIpc) is 2.33. The zero-order chi connectivity index (χ0) is 14.0. The third-order valence-corrected chi connectivity index (χ3v) is 3.26. The third kappa shape index (κ3) is 3.20. The normalized spacial score (nSPS) is 20.3. The Morgan fingerprint density at radius 3 is 2.58 bits per heavy atom. The molecule has 1 atom stereocenters. The predicted octanol–water partition coefficient (Wildman–Crippen LogP) is 2.17. The number of hydrogen-bond donors (Lipinski definition) is 2. The zero-order valence-corrected chi connectivity index (χ0v) is 10.6. The summed E-state index contributed by atoms with van der Waals surface area (Å²) in [4.78, 5) is 12.8. The van der Waals surface area contributed by atoms with E-state index in [1.807, 2.05) is 7.05 Å². The van der Waals surface area contributed by atoms with E-state index >= 15 is 0 Å². The molecule has 6 heteroatoms. The summed E-state index contributed by atoms with van der Waals surface area (Å²) >= 11 is 0. The molecule has 4 nitrogen and oxygen atoms in total. The number of anilines is 1. The van der Waals surface area contributed by atoms with Crippen LogP contribution in [0.5, 0.6) is 0 Å². The van der Waals surface area contributed by atoms with E-state index < -0.39 is 17.6 Å². The highest BCUT2D eigenvalue weighted by molar-refractivity contribution is 5.88. The van der Waals surface area contributed by atoms with Gasteiger partial charge in [0, 0.05) is 12.6 Å². The van der Waals surface area contributed by atoms with Crippen molar-refractivity contribution >= 4 is 11.7 Å². The molecule has 0 saturated carbocycles. The Balaban J connectivity index is 2.18. The molecule has 1 aliphatic rings. The lowest BCUT2D eigenvalue weighted by atomic mass is 10.1. The molecule has 1 heterocycles. The molecule has 0 amide bonds. The molecule has 0 aliphatic carbocycles. The van der Waals surface area contributed by atoms with Crippen LogP contribution in [0.2, 0.25) is 0 Å². The predicted molar refractivity (Wildman–Crippen MR) is 67.5 cm³/mol. The van der Waals surface area contributed by atoms with Crippen molar-refractivity contribution in [2.45, 2.75) is 18.9 Å². The standard InChI is InChI=1S/C13H16F2N2O2/c1-17-4-2-3-9(7-17)16-12-10(14)5-8(13(18)19)6-11(12)15/h5-6,9,16H,2-4,7H2,1H3,(H,18,19). The number of benzene rings is 1. The number of carbonyl (C=O) groups is 1. The summed E-state index contributed by atoms with van der Waals surface area (Å²) in [6, 6.07) is 1.64. The van der Waals surface area contributed by atoms with Crippen molar-refractivity contribution in [3.8, 4) is 0 Å². The van der Waals surface area contributed by atoms with Crippen molar-refractivity contribution < 1.29 is 18.7 Å². The Morgan fingerprint density at radius 2 is 2.05 bits per heavy atom. The van der Waals surface area contributed by atoms with Crippen LogP contribution in [0, 0.1) is 11.6 Å². The van der Waals surface area contributed by atoms with Gasteiger partial charge >= 0.3 is 5.97 Å². The minimum absolute atomic E-state index is 0.0292. The molecule has 2 rings (SSSR count). The van der Waals surface area contributed by atoms with E-state index in [0.29, 0.717) is 6.54 Å². The van der Waals surface area contributed by atoms with Crippen molar-refractivity contribution in [2.24, 2.45) is 0 Å². The largest absolute Gasteiger partial charge is 0.478 e. The van der Waals surface area contributed by atoms with Crippen LogP contribution in [0.3, 0.4) is 0 Å². The summed E-state index contributed by atoms with van der Waals surface area (Å²) in [6.07, 6.45) is 1.80. The van der Waals surface area contributed by atoms with Gasteiger partial charge in [-0.2, -0.15) is 0 Å². The highest BCUT2D eigenvalue weighted by atomic mass is 19.1. The summed E-state index contributed by atoms with van der Waals surface area (Å²) in [6.45, 7) is 1.68. The van der Waals surface area contributed by atoms with Crippen molar-refractivity contribution in [1.29, 1.82) is 0 Å². The molecule has 0 bridgehead atoms. The first-order valence-electron chi connectivity index (χ1n) is 6.15. The van der Waals surface area contributed by atoms with Crippen molar-refractivity contribution in [1.82, 2.24) is 4.90 Å². The zero-order valence-electron chi connectivity index (χ0n) is 10.6. The Hall–Kier alpha value is -1.69. The second-order valence-electron chi connectivity index (χ2n) is 4.87. The Morgan fingerprint density at radius 1 is 1.42 bits per heavy atom. The van der Waals surface area contributed by atoms with Gasteiger partial charge in [0.05, 0.1) is 5.56 Å². The summed E-state index contributed by atoms with van der Waals surface area (Å²) in [5, 5.41) is 11.5. The van der Waals surface area contributed by atoms with Crippen molar-refractivity contribution in [3.05, 3.63) is 29.3 Å². The first kappa shape index (κ1) is 13.7. The van der Waals surface area contributed by atoms with E-state index in [1.165, 1.54) is 0 Å². The fraction of sp³-hybridized carbons (Fsp3) is 0.462. The first-order valence-corrected chi connectivity index (χ1v) is 6.15. The molecule has 0 radical (unpaired) electrons. The van der Waals surface area contributed by atoms with Gasteiger partial charge in [-0.1, -0.05) is 0 Å². The molecule has 1 saturated heterocycles. The molecule has 19 heavy (non-hydrogen) atoms. The topological polar surface area (TPSA) is 52.6 Å². The Kier molecular flexibility index (Phi) is 3.99. The lowest BCUT2D eigenvalue weighted by molar-refractivity contribution is 0.0696. The van der Waals surface area contributed by atoms with E-state index in [2.05, 4.69) is 10.2 Å². The summed E-state index contributed by atoms with van der Waals surface area (Å²) in [7, 11) is 1.95. The van der Waals surface area contributed by atoms with E-state index in [0.717, 1.165) is 31.5 Å². The van der Waals surface area contributed by atoms with E-state index in [1.54, 1.807) is 0 Å². The fourth-order valence-electron chi connectivity index (χ4n) is 2.32. The van der Waals surface area contributed by atoms with E-state index in [-0.39, 0.29) is 17.3 Å². The van der Waals surface area contributed by atoms with Crippen LogP contribution in [-0.2, 0) is 0 Å². The summed E-state index contributed by atoms with van der Waals surface area (Å²) in [5.41, 5.74) is -0.633. The molecule has 1 aromatic rings.